The van der Waals surface area contributed by atoms with Gasteiger partial charge in [-0.15, -0.1) is 11.3 Å². The summed E-state index contributed by atoms with van der Waals surface area (Å²) in [7, 11) is 0. The number of nitrogens with one attached hydrogen (secondary N) is 1. The van der Waals surface area contributed by atoms with Crippen LogP contribution in [0.5, 0.6) is 0 Å². The Labute approximate surface area is 120 Å². The maximum atomic E-state index is 12.7. The van der Waals surface area contributed by atoms with Gasteiger partial charge in [-0.3, -0.25) is 24.8 Å². The Bertz CT molecular complexity index is 549. The van der Waals surface area contributed by atoms with Crippen LogP contribution in [0.3, 0.4) is 0 Å². The lowest BCUT2D eigenvalue weighted by Gasteiger charge is -2.41. The number of aromatic nitrogens is 1. The van der Waals surface area contributed by atoms with Gasteiger partial charge in [0.05, 0.1) is 12.1 Å². The molecule has 1 aromatic rings. The fraction of sp³-hybridized carbons (Fsp3) is 0.538. The Morgan fingerprint density at radius 3 is 2.65 bits per heavy atom. The summed E-state index contributed by atoms with van der Waals surface area (Å²) in [4.78, 5) is 42.7. The van der Waals surface area contributed by atoms with Gasteiger partial charge in [0.2, 0.25) is 11.8 Å². The molecule has 1 saturated heterocycles. The zero-order valence-corrected chi connectivity index (χ0v) is 11.7. The minimum atomic E-state index is -1.03. The number of hydrogen-bond acceptors (Lipinski definition) is 5. The van der Waals surface area contributed by atoms with Crippen LogP contribution >= 0.6 is 11.3 Å². The molecule has 7 heteroatoms. The molecule has 0 unspecified atom stereocenters. The van der Waals surface area contributed by atoms with Gasteiger partial charge >= 0.3 is 6.03 Å². The molecule has 2 fully saturated rings. The van der Waals surface area contributed by atoms with Crippen molar-refractivity contribution in [1.82, 2.24) is 15.2 Å². The molecule has 1 aliphatic carbocycles. The molecule has 1 saturated carbocycles. The van der Waals surface area contributed by atoms with Crippen molar-refractivity contribution >= 4 is 29.2 Å². The number of carbonyl (C=O) groups is 3. The predicted octanol–water partition coefficient (Wildman–Crippen LogP) is 1.67. The van der Waals surface area contributed by atoms with Gasteiger partial charge in [0.25, 0.3) is 0 Å². The van der Waals surface area contributed by atoms with Crippen molar-refractivity contribution in [2.24, 2.45) is 5.41 Å². The van der Waals surface area contributed by atoms with Crippen LogP contribution in [0.1, 0.15) is 37.0 Å². The molecular formula is C13H15N3O3S. The second-order valence-electron chi connectivity index (χ2n) is 5.26. The molecule has 4 amide bonds. The summed E-state index contributed by atoms with van der Waals surface area (Å²) in [5.41, 5.74) is 0.625. The third kappa shape index (κ3) is 2.02. The van der Waals surface area contributed by atoms with Crippen LogP contribution in [0.2, 0.25) is 0 Å². The molecule has 0 atom stereocenters. The lowest BCUT2D eigenvalue weighted by Crippen LogP contribution is -2.63. The van der Waals surface area contributed by atoms with Crippen molar-refractivity contribution in [3.8, 4) is 0 Å². The van der Waals surface area contributed by atoms with Gasteiger partial charge < -0.3 is 0 Å². The van der Waals surface area contributed by atoms with Crippen LogP contribution in [-0.4, -0.2) is 27.7 Å². The number of rotatable bonds is 2. The fourth-order valence-electron chi connectivity index (χ4n) is 2.95. The highest BCUT2D eigenvalue weighted by molar-refractivity contribution is 7.09. The minimum absolute atomic E-state index is 0.185. The van der Waals surface area contributed by atoms with Crippen molar-refractivity contribution in [2.45, 2.75) is 38.6 Å². The first-order valence-corrected chi connectivity index (χ1v) is 7.56. The number of hydrogen-bond donors (Lipinski definition) is 1. The Balaban J connectivity index is 1.88. The lowest BCUT2D eigenvalue weighted by atomic mass is 9.71. The van der Waals surface area contributed by atoms with Crippen LogP contribution < -0.4 is 5.32 Å². The highest BCUT2D eigenvalue weighted by atomic mass is 32.1. The Morgan fingerprint density at radius 1 is 1.25 bits per heavy atom. The molecule has 2 aliphatic rings. The zero-order chi connectivity index (χ0) is 14.2. The topological polar surface area (TPSA) is 79.4 Å². The predicted molar refractivity (Wildman–Crippen MR) is 71.7 cm³/mol. The normalized spacial score (nSPS) is 22.2. The molecule has 6 nitrogen and oxygen atoms in total. The first kappa shape index (κ1) is 13.2. The molecule has 0 radical (unpaired) electrons. The number of amides is 4. The van der Waals surface area contributed by atoms with E-state index >= 15 is 0 Å². The maximum absolute atomic E-state index is 12.7. The summed E-state index contributed by atoms with van der Waals surface area (Å²) >= 11 is 1.39. The highest BCUT2D eigenvalue weighted by Crippen LogP contribution is 2.40. The molecule has 3 rings (SSSR count). The summed E-state index contributed by atoms with van der Waals surface area (Å²) in [6.45, 7) is 0.185. The molecule has 1 spiro atoms. The van der Waals surface area contributed by atoms with Gasteiger partial charge in [0.15, 0.2) is 0 Å². The molecule has 1 aromatic heterocycles. The van der Waals surface area contributed by atoms with E-state index in [1.54, 1.807) is 11.7 Å². The van der Waals surface area contributed by atoms with Gasteiger partial charge in [-0.2, -0.15) is 0 Å². The number of barbiturate groups is 1. The van der Waals surface area contributed by atoms with Crippen molar-refractivity contribution in [2.75, 3.05) is 0 Å². The summed E-state index contributed by atoms with van der Waals surface area (Å²) in [6, 6.07) is -0.621. The highest BCUT2D eigenvalue weighted by Gasteiger charge is 2.53. The van der Waals surface area contributed by atoms with Crippen LogP contribution in [0, 0.1) is 5.41 Å². The van der Waals surface area contributed by atoms with Gasteiger partial charge in [-0.1, -0.05) is 19.3 Å². The standard InChI is InChI=1S/C13H15N3O3S/c17-10-13(4-2-1-3-5-13)11(18)16(12(19)15-10)7-9-6-14-8-20-9/h6,8H,1-5,7H2,(H,15,17,19). The van der Waals surface area contributed by atoms with E-state index in [0.717, 1.165) is 29.0 Å². The first-order chi connectivity index (χ1) is 9.63. The monoisotopic (exact) mass is 293 g/mol. The third-order valence-corrected chi connectivity index (χ3v) is 4.82. The quantitative estimate of drug-likeness (QED) is 0.841. The third-order valence-electron chi connectivity index (χ3n) is 4.06. The second kappa shape index (κ2) is 4.97. The minimum Gasteiger partial charge on any atom is -0.277 e. The van der Waals surface area contributed by atoms with Crippen molar-refractivity contribution in [3.05, 3.63) is 16.6 Å². The molecule has 20 heavy (non-hydrogen) atoms. The van der Waals surface area contributed by atoms with E-state index in [2.05, 4.69) is 10.3 Å². The molecule has 2 heterocycles. The van der Waals surface area contributed by atoms with Gasteiger partial charge in [-0.05, 0) is 12.8 Å². The number of thiazole rings is 1. The van der Waals surface area contributed by atoms with E-state index in [9.17, 15) is 14.4 Å². The Morgan fingerprint density at radius 2 is 2.00 bits per heavy atom. The molecule has 0 bridgehead atoms. The van der Waals surface area contributed by atoms with Gasteiger partial charge in [0.1, 0.15) is 5.41 Å². The van der Waals surface area contributed by atoms with Crippen LogP contribution in [-0.2, 0) is 16.1 Å². The average molecular weight is 293 g/mol. The molecular weight excluding hydrogens is 278 g/mol. The number of urea groups is 1. The van der Waals surface area contributed by atoms with Crippen LogP contribution in [0.4, 0.5) is 4.79 Å². The summed E-state index contributed by atoms with van der Waals surface area (Å²) < 4.78 is 0. The number of nitrogens with zero attached hydrogens (tertiary/aromatic N) is 2. The van der Waals surface area contributed by atoms with Crippen LogP contribution in [0.15, 0.2) is 11.7 Å². The van der Waals surface area contributed by atoms with Gasteiger partial charge in [-0.25, -0.2) is 4.79 Å². The van der Waals surface area contributed by atoms with E-state index in [-0.39, 0.29) is 12.5 Å². The number of imide groups is 2. The second-order valence-corrected chi connectivity index (χ2v) is 6.23. The average Bonchev–Trinajstić information content (AvgIpc) is 2.96. The SMILES string of the molecule is O=C1NC(=O)C2(CCCCC2)C(=O)N1Cc1cncs1. The van der Waals surface area contributed by atoms with Crippen molar-refractivity contribution in [3.63, 3.8) is 0 Å². The summed E-state index contributed by atoms with van der Waals surface area (Å²) in [6.07, 6.45) is 5.43. The molecule has 1 N–H and O–H groups in total. The first-order valence-electron chi connectivity index (χ1n) is 6.68. The smallest absolute Gasteiger partial charge is 0.277 e. The zero-order valence-electron chi connectivity index (χ0n) is 10.9. The fourth-order valence-corrected chi connectivity index (χ4v) is 3.53. The number of carbonyl (C=O) groups excluding carboxylic acids is 3. The summed E-state index contributed by atoms with van der Waals surface area (Å²) in [5.74, 6) is -0.771. The van der Waals surface area contributed by atoms with Crippen molar-refractivity contribution in [1.29, 1.82) is 0 Å². The molecule has 106 valence electrons. The summed E-state index contributed by atoms with van der Waals surface area (Å²) in [5, 5.41) is 2.34. The largest absolute Gasteiger partial charge is 0.331 e. The molecule has 1 aliphatic heterocycles. The van der Waals surface area contributed by atoms with E-state index in [0.29, 0.717) is 12.8 Å². The van der Waals surface area contributed by atoms with E-state index < -0.39 is 17.4 Å². The Kier molecular flexibility index (Phi) is 3.29. The van der Waals surface area contributed by atoms with Crippen molar-refractivity contribution < 1.29 is 14.4 Å². The van der Waals surface area contributed by atoms with E-state index in [1.807, 2.05) is 0 Å². The van der Waals surface area contributed by atoms with Gasteiger partial charge in [0, 0.05) is 11.1 Å². The maximum Gasteiger partial charge on any atom is 0.331 e. The van der Waals surface area contributed by atoms with E-state index in [4.69, 9.17) is 0 Å². The molecule has 0 aromatic carbocycles. The lowest BCUT2D eigenvalue weighted by molar-refractivity contribution is -0.154. The Hall–Kier alpha value is -1.76. The van der Waals surface area contributed by atoms with Crippen LogP contribution in [0.25, 0.3) is 0 Å². The van der Waals surface area contributed by atoms with E-state index in [1.165, 1.54) is 11.3 Å².